The number of pyridine rings is 1. The van der Waals surface area contributed by atoms with Crippen LogP contribution in [0.2, 0.25) is 5.02 Å². The van der Waals surface area contributed by atoms with Crippen LogP contribution in [0.5, 0.6) is 0 Å². The van der Waals surface area contributed by atoms with E-state index in [1.165, 1.54) is 0 Å². The van der Waals surface area contributed by atoms with Crippen molar-refractivity contribution in [2.24, 2.45) is 5.73 Å². The first-order valence-electron chi connectivity index (χ1n) is 10.8. The topological polar surface area (TPSA) is 93.8 Å². The third-order valence-electron chi connectivity index (χ3n) is 5.40. The summed E-state index contributed by atoms with van der Waals surface area (Å²) in [5.74, 6) is 0.872. The largest absolute Gasteiger partial charge is 0.364 e. The van der Waals surface area contributed by atoms with Crippen molar-refractivity contribution in [3.63, 3.8) is 0 Å². The molecule has 0 bridgehead atoms. The Morgan fingerprint density at radius 1 is 0.914 bits per heavy atom. The Morgan fingerprint density at radius 2 is 1.66 bits per heavy atom. The normalized spacial score (nSPS) is 10.9. The minimum atomic E-state index is -0.524. The number of nitrogens with two attached hydrogens (primary N) is 1. The molecule has 172 valence electrons. The van der Waals surface area contributed by atoms with Crippen molar-refractivity contribution in [3.05, 3.63) is 107 Å². The molecule has 2 aromatic heterocycles. The Kier molecular flexibility index (Phi) is 6.61. The number of benzene rings is 3. The molecular weight excluding hydrogens is 478 g/mol. The molecule has 0 saturated carbocycles. The van der Waals surface area contributed by atoms with Crippen LogP contribution in [-0.4, -0.2) is 21.1 Å². The lowest BCUT2D eigenvalue weighted by Crippen LogP contribution is -2.12. The molecule has 0 unspecified atom stereocenters. The Hall–Kier alpha value is -3.94. The molecule has 1 amide bonds. The van der Waals surface area contributed by atoms with Crippen LogP contribution < -0.4 is 11.1 Å². The highest BCUT2D eigenvalue weighted by molar-refractivity contribution is 7.98. The molecule has 0 aliphatic heterocycles. The van der Waals surface area contributed by atoms with E-state index in [1.807, 2.05) is 78.9 Å². The zero-order chi connectivity index (χ0) is 24.2. The van der Waals surface area contributed by atoms with Gasteiger partial charge < -0.3 is 11.1 Å². The highest BCUT2D eigenvalue weighted by Gasteiger charge is 2.11. The first kappa shape index (κ1) is 22.8. The Morgan fingerprint density at radius 3 is 2.40 bits per heavy atom. The highest BCUT2D eigenvalue weighted by Crippen LogP contribution is 2.32. The monoisotopic (exact) mass is 497 g/mol. The molecule has 0 aliphatic rings. The first-order valence-corrected chi connectivity index (χ1v) is 12.2. The van der Waals surface area contributed by atoms with Gasteiger partial charge in [-0.2, -0.15) is 0 Å². The third-order valence-corrected chi connectivity index (χ3v) is 6.74. The highest BCUT2D eigenvalue weighted by atomic mass is 35.5. The number of amides is 1. The second kappa shape index (κ2) is 10.1. The number of rotatable bonds is 7. The van der Waals surface area contributed by atoms with E-state index in [-0.39, 0.29) is 5.69 Å². The van der Waals surface area contributed by atoms with Gasteiger partial charge in [0.15, 0.2) is 5.82 Å². The molecule has 3 N–H and O–H groups in total. The summed E-state index contributed by atoms with van der Waals surface area (Å²) in [6, 6.07) is 27.4. The predicted octanol–water partition coefficient (Wildman–Crippen LogP) is 6.48. The molecule has 35 heavy (non-hydrogen) atoms. The summed E-state index contributed by atoms with van der Waals surface area (Å²) in [6.07, 6.45) is 1.60. The van der Waals surface area contributed by atoms with E-state index in [1.54, 1.807) is 24.0 Å². The summed E-state index contributed by atoms with van der Waals surface area (Å²) in [6.45, 7) is 0. The van der Waals surface area contributed by atoms with Crippen molar-refractivity contribution >= 4 is 51.5 Å². The van der Waals surface area contributed by atoms with Gasteiger partial charge >= 0.3 is 0 Å². The quantitative estimate of drug-likeness (QED) is 0.250. The van der Waals surface area contributed by atoms with Crippen LogP contribution in [0.25, 0.3) is 22.0 Å². The van der Waals surface area contributed by atoms with E-state index >= 15 is 0 Å². The van der Waals surface area contributed by atoms with Crippen molar-refractivity contribution < 1.29 is 4.79 Å². The SMILES string of the molecule is NC(=O)c1cc(CSc2ccc(Nc3nnc(-c4ccc(Cl)cc4)c4ccccc34)cc2)ccn1. The van der Waals surface area contributed by atoms with Crippen LogP contribution in [0.4, 0.5) is 11.5 Å². The average Bonchev–Trinajstić information content (AvgIpc) is 2.89. The van der Waals surface area contributed by atoms with Gasteiger partial charge in [-0.1, -0.05) is 48.0 Å². The van der Waals surface area contributed by atoms with Gasteiger partial charge in [-0.25, -0.2) is 0 Å². The summed E-state index contributed by atoms with van der Waals surface area (Å²) >= 11 is 7.71. The fourth-order valence-electron chi connectivity index (χ4n) is 3.65. The van der Waals surface area contributed by atoms with Crippen LogP contribution in [0, 0.1) is 0 Å². The number of primary amides is 1. The van der Waals surface area contributed by atoms with E-state index in [2.05, 4.69) is 20.5 Å². The molecule has 5 aromatic rings. The number of anilines is 2. The molecule has 0 radical (unpaired) electrons. The van der Waals surface area contributed by atoms with Gasteiger partial charge in [0.1, 0.15) is 11.4 Å². The summed E-state index contributed by atoms with van der Waals surface area (Å²) in [5, 5.41) is 15.0. The van der Waals surface area contributed by atoms with Gasteiger partial charge in [0.25, 0.3) is 5.91 Å². The number of aromatic nitrogens is 3. The van der Waals surface area contributed by atoms with Crippen LogP contribution >= 0.6 is 23.4 Å². The van der Waals surface area contributed by atoms with Gasteiger partial charge in [-0.05, 0) is 54.1 Å². The second-order valence-corrected chi connectivity index (χ2v) is 9.29. The summed E-state index contributed by atoms with van der Waals surface area (Å²) in [7, 11) is 0. The second-order valence-electron chi connectivity index (χ2n) is 7.80. The average molecular weight is 498 g/mol. The number of hydrogen-bond acceptors (Lipinski definition) is 6. The zero-order valence-corrected chi connectivity index (χ0v) is 20.1. The lowest BCUT2D eigenvalue weighted by atomic mass is 10.0. The van der Waals surface area contributed by atoms with Gasteiger partial charge in [-0.15, -0.1) is 22.0 Å². The van der Waals surface area contributed by atoms with E-state index in [9.17, 15) is 4.79 Å². The predicted molar refractivity (Wildman–Crippen MR) is 142 cm³/mol. The Bertz CT molecular complexity index is 1510. The number of carbonyl (C=O) groups is 1. The van der Waals surface area contributed by atoms with Crippen LogP contribution in [0.15, 0.2) is 96.0 Å². The fourth-order valence-corrected chi connectivity index (χ4v) is 4.62. The Balaban J connectivity index is 1.33. The molecule has 2 heterocycles. The zero-order valence-electron chi connectivity index (χ0n) is 18.5. The smallest absolute Gasteiger partial charge is 0.267 e. The lowest BCUT2D eigenvalue weighted by Gasteiger charge is -2.12. The van der Waals surface area contributed by atoms with Crippen molar-refractivity contribution in [1.29, 1.82) is 0 Å². The van der Waals surface area contributed by atoms with Gasteiger partial charge in [0.05, 0.1) is 0 Å². The molecule has 0 saturated heterocycles. The van der Waals surface area contributed by atoms with Crippen LogP contribution in [-0.2, 0) is 5.75 Å². The maximum absolute atomic E-state index is 11.3. The number of nitrogens with zero attached hydrogens (tertiary/aromatic N) is 3. The minimum absolute atomic E-state index is 0.276. The van der Waals surface area contributed by atoms with E-state index in [0.29, 0.717) is 16.6 Å². The van der Waals surface area contributed by atoms with E-state index in [0.717, 1.165) is 38.2 Å². The van der Waals surface area contributed by atoms with Crippen molar-refractivity contribution in [1.82, 2.24) is 15.2 Å². The minimum Gasteiger partial charge on any atom is -0.364 e. The first-order chi connectivity index (χ1) is 17.1. The summed E-state index contributed by atoms with van der Waals surface area (Å²) < 4.78 is 0. The van der Waals surface area contributed by atoms with E-state index < -0.39 is 5.91 Å². The molecule has 3 aromatic carbocycles. The summed E-state index contributed by atoms with van der Waals surface area (Å²) in [4.78, 5) is 16.4. The van der Waals surface area contributed by atoms with Gasteiger partial charge in [0.2, 0.25) is 0 Å². The molecular formula is C27H20ClN5OS. The maximum Gasteiger partial charge on any atom is 0.267 e. The molecule has 0 aliphatic carbocycles. The standard InChI is InChI=1S/C27H20ClN5OS/c28-19-7-5-18(6-8-19)25-22-3-1-2-4-23(22)27(33-32-25)31-20-9-11-21(12-10-20)35-16-17-13-14-30-24(15-17)26(29)34/h1-15H,16H2,(H2,29,34)(H,31,33). The molecule has 0 fully saturated rings. The van der Waals surface area contributed by atoms with Crippen LogP contribution in [0.1, 0.15) is 16.1 Å². The van der Waals surface area contributed by atoms with Gasteiger partial charge in [0, 0.05) is 43.9 Å². The molecule has 0 atom stereocenters. The summed E-state index contributed by atoms with van der Waals surface area (Å²) in [5.41, 5.74) is 9.27. The number of carbonyl (C=O) groups excluding carboxylic acids is 1. The molecule has 8 heteroatoms. The van der Waals surface area contributed by atoms with Crippen molar-refractivity contribution in [2.45, 2.75) is 10.6 Å². The number of thioether (sulfide) groups is 1. The maximum atomic E-state index is 11.3. The third kappa shape index (κ3) is 5.26. The Labute approximate surface area is 211 Å². The molecule has 5 rings (SSSR count). The lowest BCUT2D eigenvalue weighted by molar-refractivity contribution is 0.0995. The number of halogens is 1. The number of hydrogen-bond donors (Lipinski definition) is 2. The van der Waals surface area contributed by atoms with Crippen molar-refractivity contribution in [3.8, 4) is 11.3 Å². The molecule has 0 spiro atoms. The van der Waals surface area contributed by atoms with E-state index in [4.69, 9.17) is 17.3 Å². The van der Waals surface area contributed by atoms with Crippen molar-refractivity contribution in [2.75, 3.05) is 5.32 Å². The number of fused-ring (bicyclic) bond motifs is 1. The number of nitrogens with one attached hydrogen (secondary N) is 1. The molecule has 6 nitrogen and oxygen atoms in total. The van der Waals surface area contributed by atoms with Gasteiger partial charge in [-0.3, -0.25) is 9.78 Å². The van der Waals surface area contributed by atoms with Crippen LogP contribution in [0.3, 0.4) is 0 Å². The fraction of sp³-hybridized carbons (Fsp3) is 0.0370.